The Labute approximate surface area is 96.3 Å². The molecule has 2 aromatic heterocycles. The van der Waals surface area contributed by atoms with E-state index in [1.54, 1.807) is 16.8 Å². The molecule has 0 aliphatic heterocycles. The molecule has 0 aliphatic rings. The Morgan fingerprint density at radius 1 is 1.53 bits per heavy atom. The molecule has 0 atom stereocenters. The molecule has 0 spiro atoms. The summed E-state index contributed by atoms with van der Waals surface area (Å²) in [6.07, 6.45) is 2.15. The summed E-state index contributed by atoms with van der Waals surface area (Å²) in [5, 5.41) is 4.15. The molecule has 0 N–H and O–H groups in total. The number of halogens is 1. The molecule has 15 heavy (non-hydrogen) atoms. The van der Waals surface area contributed by atoms with Crippen LogP contribution in [0.25, 0.3) is 0 Å². The molecule has 2 aromatic rings. The van der Waals surface area contributed by atoms with Crippen LogP contribution in [0.5, 0.6) is 0 Å². The fourth-order valence-corrected chi connectivity index (χ4v) is 2.25. The highest BCUT2D eigenvalue weighted by atomic mass is 35.5. The van der Waals surface area contributed by atoms with Crippen LogP contribution in [-0.2, 0) is 13.5 Å². The lowest BCUT2D eigenvalue weighted by atomic mass is 10.2. The number of rotatable bonds is 3. The van der Waals surface area contributed by atoms with E-state index >= 15 is 0 Å². The first kappa shape index (κ1) is 10.4. The van der Waals surface area contributed by atoms with E-state index in [4.69, 9.17) is 11.6 Å². The van der Waals surface area contributed by atoms with Crippen molar-refractivity contribution < 1.29 is 4.79 Å². The van der Waals surface area contributed by atoms with Gasteiger partial charge in [0.1, 0.15) is 0 Å². The Morgan fingerprint density at radius 3 is 2.87 bits per heavy atom. The Kier molecular flexibility index (Phi) is 2.88. The van der Waals surface area contributed by atoms with Crippen molar-refractivity contribution in [1.82, 2.24) is 9.78 Å². The second-order valence-electron chi connectivity index (χ2n) is 3.18. The van der Waals surface area contributed by atoms with Gasteiger partial charge in [-0.15, -0.1) is 11.3 Å². The summed E-state index contributed by atoms with van der Waals surface area (Å²) in [5.74, 6) is 0.0607. The predicted molar refractivity (Wildman–Crippen MR) is 60.6 cm³/mol. The van der Waals surface area contributed by atoms with Gasteiger partial charge in [0.2, 0.25) is 0 Å². The van der Waals surface area contributed by atoms with Crippen molar-refractivity contribution in [3.63, 3.8) is 0 Å². The fraction of sp³-hybridized carbons (Fsp3) is 0.200. The summed E-state index contributed by atoms with van der Waals surface area (Å²) in [6.45, 7) is 0. The molecule has 2 heterocycles. The number of thiophene rings is 1. The Balaban J connectivity index is 2.10. The number of carbonyl (C=O) groups is 1. The number of carbonyl (C=O) groups excluding carboxylic acids is 1. The molecule has 5 heteroatoms. The molecule has 0 bridgehead atoms. The van der Waals surface area contributed by atoms with E-state index in [9.17, 15) is 4.79 Å². The third-order valence-electron chi connectivity index (χ3n) is 1.96. The lowest BCUT2D eigenvalue weighted by Crippen LogP contribution is -2.02. The molecule has 0 saturated heterocycles. The third kappa shape index (κ3) is 2.46. The summed E-state index contributed by atoms with van der Waals surface area (Å²) >= 11 is 7.06. The van der Waals surface area contributed by atoms with Gasteiger partial charge in [0.15, 0.2) is 5.78 Å². The maximum Gasteiger partial charge on any atom is 0.178 e. The van der Waals surface area contributed by atoms with Gasteiger partial charge in [-0.25, -0.2) is 0 Å². The Bertz CT molecular complexity index is 489. The van der Waals surface area contributed by atoms with E-state index in [2.05, 4.69) is 5.10 Å². The molecular weight excluding hydrogens is 232 g/mol. The number of nitrogens with zero attached hydrogens (tertiary/aromatic N) is 2. The van der Waals surface area contributed by atoms with Crippen molar-refractivity contribution in [2.75, 3.05) is 0 Å². The number of Topliss-reactive ketones (excluding diaryl/α,β-unsaturated/α-hetero) is 1. The van der Waals surface area contributed by atoms with Gasteiger partial charge in [-0.1, -0.05) is 11.6 Å². The zero-order valence-corrected chi connectivity index (χ0v) is 9.68. The predicted octanol–water partition coefficient (Wildman–Crippen LogP) is 2.56. The molecule has 0 unspecified atom stereocenters. The third-order valence-corrected chi connectivity index (χ3v) is 3.23. The van der Waals surface area contributed by atoms with Gasteiger partial charge in [0.25, 0.3) is 0 Å². The zero-order chi connectivity index (χ0) is 10.8. The van der Waals surface area contributed by atoms with Gasteiger partial charge >= 0.3 is 0 Å². The summed E-state index contributed by atoms with van der Waals surface area (Å²) in [5.41, 5.74) is 0.784. The van der Waals surface area contributed by atoms with Crippen LogP contribution in [0, 0.1) is 0 Å². The molecule has 2 rings (SSSR count). The standard InChI is InChI=1S/C10H9ClN2OS/c1-13-5-4-7(12-13)6-8(14)9-2-3-10(11)15-9/h2-5H,6H2,1H3. The van der Waals surface area contributed by atoms with Crippen LogP contribution in [0.1, 0.15) is 15.4 Å². The van der Waals surface area contributed by atoms with Gasteiger partial charge in [0, 0.05) is 13.2 Å². The van der Waals surface area contributed by atoms with E-state index in [1.165, 1.54) is 11.3 Å². The molecule has 0 radical (unpaired) electrons. The van der Waals surface area contributed by atoms with E-state index in [1.807, 2.05) is 19.3 Å². The van der Waals surface area contributed by atoms with Crippen LogP contribution in [0.4, 0.5) is 0 Å². The van der Waals surface area contributed by atoms with E-state index in [-0.39, 0.29) is 5.78 Å². The highest BCUT2D eigenvalue weighted by Gasteiger charge is 2.10. The van der Waals surface area contributed by atoms with Gasteiger partial charge in [0.05, 0.1) is 21.3 Å². The number of ketones is 1. The summed E-state index contributed by atoms with van der Waals surface area (Å²) < 4.78 is 2.32. The second kappa shape index (κ2) is 4.16. The van der Waals surface area contributed by atoms with Crippen molar-refractivity contribution in [2.45, 2.75) is 6.42 Å². The molecule has 0 fully saturated rings. The Morgan fingerprint density at radius 2 is 2.33 bits per heavy atom. The molecule has 0 aliphatic carbocycles. The van der Waals surface area contributed by atoms with Gasteiger partial charge in [-0.2, -0.15) is 5.10 Å². The normalized spacial score (nSPS) is 10.5. The minimum Gasteiger partial charge on any atom is -0.293 e. The highest BCUT2D eigenvalue weighted by Crippen LogP contribution is 2.22. The number of hydrogen-bond donors (Lipinski definition) is 0. The highest BCUT2D eigenvalue weighted by molar-refractivity contribution is 7.18. The minimum atomic E-state index is 0.0607. The summed E-state index contributed by atoms with van der Waals surface area (Å²) in [4.78, 5) is 12.4. The van der Waals surface area contributed by atoms with Crippen LogP contribution >= 0.6 is 22.9 Å². The quantitative estimate of drug-likeness (QED) is 0.773. The van der Waals surface area contributed by atoms with Crippen molar-refractivity contribution in [3.05, 3.63) is 39.3 Å². The van der Waals surface area contributed by atoms with Crippen molar-refractivity contribution in [3.8, 4) is 0 Å². The lowest BCUT2D eigenvalue weighted by molar-refractivity contribution is 0.0995. The number of hydrogen-bond acceptors (Lipinski definition) is 3. The Hall–Kier alpha value is -1.13. The van der Waals surface area contributed by atoms with Gasteiger partial charge < -0.3 is 0 Å². The summed E-state index contributed by atoms with van der Waals surface area (Å²) in [7, 11) is 1.83. The topological polar surface area (TPSA) is 34.9 Å². The van der Waals surface area contributed by atoms with Gasteiger partial charge in [-0.3, -0.25) is 9.48 Å². The summed E-state index contributed by atoms with van der Waals surface area (Å²) in [6, 6.07) is 5.32. The van der Waals surface area contributed by atoms with Gasteiger partial charge in [-0.05, 0) is 18.2 Å². The van der Waals surface area contributed by atoms with Crippen molar-refractivity contribution >= 4 is 28.7 Å². The first-order valence-corrected chi connectivity index (χ1v) is 5.61. The average molecular weight is 241 g/mol. The minimum absolute atomic E-state index is 0.0607. The molecule has 0 aromatic carbocycles. The largest absolute Gasteiger partial charge is 0.293 e. The maximum absolute atomic E-state index is 11.7. The second-order valence-corrected chi connectivity index (χ2v) is 4.90. The van der Waals surface area contributed by atoms with Crippen molar-refractivity contribution in [2.24, 2.45) is 7.05 Å². The van der Waals surface area contributed by atoms with Crippen LogP contribution in [0.2, 0.25) is 4.34 Å². The van der Waals surface area contributed by atoms with Crippen LogP contribution in [0.3, 0.4) is 0 Å². The van der Waals surface area contributed by atoms with E-state index < -0.39 is 0 Å². The SMILES string of the molecule is Cn1ccc(CC(=O)c2ccc(Cl)s2)n1. The number of aromatic nitrogens is 2. The molecule has 0 amide bonds. The first-order chi connectivity index (χ1) is 7.15. The molecule has 0 saturated carbocycles. The number of aryl methyl sites for hydroxylation is 1. The molecular formula is C10H9ClN2OS. The monoisotopic (exact) mass is 240 g/mol. The van der Waals surface area contributed by atoms with Crippen LogP contribution in [0.15, 0.2) is 24.4 Å². The smallest absolute Gasteiger partial charge is 0.178 e. The molecule has 78 valence electrons. The molecule has 3 nitrogen and oxygen atoms in total. The van der Waals surface area contributed by atoms with Crippen LogP contribution < -0.4 is 0 Å². The van der Waals surface area contributed by atoms with E-state index in [0.29, 0.717) is 15.6 Å². The maximum atomic E-state index is 11.7. The first-order valence-electron chi connectivity index (χ1n) is 4.42. The fourth-order valence-electron chi connectivity index (χ4n) is 1.27. The van der Waals surface area contributed by atoms with E-state index in [0.717, 1.165) is 5.69 Å². The zero-order valence-electron chi connectivity index (χ0n) is 8.11. The van der Waals surface area contributed by atoms with Crippen molar-refractivity contribution in [1.29, 1.82) is 0 Å². The average Bonchev–Trinajstić information content (AvgIpc) is 2.75. The van der Waals surface area contributed by atoms with Crippen LogP contribution in [-0.4, -0.2) is 15.6 Å². The lowest BCUT2D eigenvalue weighted by Gasteiger charge is -1.93.